The van der Waals surface area contributed by atoms with Crippen LogP contribution in [-0.2, 0) is 0 Å². The number of fused-ring (bicyclic) bond motifs is 1. The number of aromatic nitrogens is 2. The number of nitrogens with zero attached hydrogens (tertiary/aromatic N) is 3. The number of aromatic amines is 1. The second-order valence-electron chi connectivity index (χ2n) is 6.33. The van der Waals surface area contributed by atoms with Crippen LogP contribution in [0.5, 0.6) is 0 Å². The van der Waals surface area contributed by atoms with Crippen molar-refractivity contribution >= 4 is 22.9 Å². The van der Waals surface area contributed by atoms with Gasteiger partial charge < -0.3 is 14.8 Å². The van der Waals surface area contributed by atoms with E-state index in [0.717, 1.165) is 48.1 Å². The average Bonchev–Trinajstić information content (AvgIpc) is 2.92. The van der Waals surface area contributed by atoms with E-state index in [1.54, 1.807) is 4.90 Å². The summed E-state index contributed by atoms with van der Waals surface area (Å²) in [5.74, 6) is -1.03. The van der Waals surface area contributed by atoms with Crippen molar-refractivity contribution in [1.29, 1.82) is 0 Å². The summed E-state index contributed by atoms with van der Waals surface area (Å²) in [6, 6.07) is 10.7. The maximum absolute atomic E-state index is 13.9. The van der Waals surface area contributed by atoms with E-state index in [-0.39, 0.29) is 5.56 Å². The quantitative estimate of drug-likeness (QED) is 0.767. The second kappa shape index (κ2) is 6.74. The second-order valence-corrected chi connectivity index (χ2v) is 6.33. The number of halogens is 2. The van der Waals surface area contributed by atoms with Crippen molar-refractivity contribution in [3.63, 3.8) is 0 Å². The number of anilines is 1. The monoisotopic (exact) mass is 356 g/mol. The van der Waals surface area contributed by atoms with Crippen LogP contribution >= 0.6 is 0 Å². The largest absolute Gasteiger partial charge is 0.341 e. The minimum atomic E-state index is -0.699. The zero-order chi connectivity index (χ0) is 18.1. The van der Waals surface area contributed by atoms with Gasteiger partial charge in [-0.15, -0.1) is 0 Å². The molecule has 26 heavy (non-hydrogen) atoms. The van der Waals surface area contributed by atoms with Gasteiger partial charge in [-0.1, -0.05) is 12.1 Å². The van der Waals surface area contributed by atoms with E-state index in [0.29, 0.717) is 19.6 Å². The van der Waals surface area contributed by atoms with Crippen LogP contribution in [0.25, 0.3) is 11.0 Å². The lowest BCUT2D eigenvalue weighted by atomic mass is 10.1. The minimum absolute atomic E-state index is 0.220. The summed E-state index contributed by atoms with van der Waals surface area (Å²) in [5.41, 5.74) is 1.63. The molecule has 0 bridgehead atoms. The molecule has 0 saturated carbocycles. The van der Waals surface area contributed by atoms with Gasteiger partial charge in [0, 0.05) is 26.2 Å². The fourth-order valence-electron chi connectivity index (χ4n) is 3.25. The van der Waals surface area contributed by atoms with Gasteiger partial charge in [0.05, 0.1) is 16.6 Å². The molecule has 0 aliphatic carbocycles. The molecule has 1 fully saturated rings. The van der Waals surface area contributed by atoms with E-state index >= 15 is 0 Å². The first-order valence-corrected chi connectivity index (χ1v) is 8.56. The van der Waals surface area contributed by atoms with E-state index in [2.05, 4.69) is 14.9 Å². The number of para-hydroxylation sites is 2. The summed E-state index contributed by atoms with van der Waals surface area (Å²) >= 11 is 0. The van der Waals surface area contributed by atoms with Gasteiger partial charge in [0.1, 0.15) is 11.6 Å². The molecule has 0 radical (unpaired) electrons. The van der Waals surface area contributed by atoms with Crippen molar-refractivity contribution in [3.05, 3.63) is 59.7 Å². The first kappa shape index (κ1) is 16.5. The first-order valence-electron chi connectivity index (χ1n) is 8.56. The lowest BCUT2D eigenvalue weighted by Gasteiger charge is -2.22. The SMILES string of the molecule is O=C(c1cc(F)ccc1F)N1CCCN(c2nc3ccccc3[nH]2)CC1. The van der Waals surface area contributed by atoms with Crippen LogP contribution in [0, 0.1) is 11.6 Å². The lowest BCUT2D eigenvalue weighted by molar-refractivity contribution is 0.0761. The van der Waals surface area contributed by atoms with Gasteiger partial charge in [0.15, 0.2) is 0 Å². The number of hydrogen-bond acceptors (Lipinski definition) is 3. The highest BCUT2D eigenvalue weighted by molar-refractivity contribution is 5.94. The molecule has 1 saturated heterocycles. The molecule has 2 heterocycles. The van der Waals surface area contributed by atoms with Crippen LogP contribution in [0.15, 0.2) is 42.5 Å². The van der Waals surface area contributed by atoms with Gasteiger partial charge in [0.25, 0.3) is 5.91 Å². The summed E-state index contributed by atoms with van der Waals surface area (Å²) in [7, 11) is 0. The number of nitrogens with one attached hydrogen (secondary N) is 1. The lowest BCUT2D eigenvalue weighted by Crippen LogP contribution is -2.36. The van der Waals surface area contributed by atoms with Crippen LogP contribution in [0.3, 0.4) is 0 Å². The van der Waals surface area contributed by atoms with Crippen molar-refractivity contribution in [2.45, 2.75) is 6.42 Å². The van der Waals surface area contributed by atoms with E-state index in [9.17, 15) is 13.6 Å². The zero-order valence-electron chi connectivity index (χ0n) is 14.1. The van der Waals surface area contributed by atoms with Gasteiger partial charge in [-0.3, -0.25) is 4.79 Å². The van der Waals surface area contributed by atoms with Gasteiger partial charge >= 0.3 is 0 Å². The van der Waals surface area contributed by atoms with Gasteiger partial charge in [-0.2, -0.15) is 0 Å². The van der Waals surface area contributed by atoms with Crippen molar-refractivity contribution in [3.8, 4) is 0 Å². The maximum atomic E-state index is 13.9. The number of hydrogen-bond donors (Lipinski definition) is 1. The molecule has 1 amide bonds. The molecule has 1 aliphatic rings. The molecule has 134 valence electrons. The fourth-order valence-corrected chi connectivity index (χ4v) is 3.25. The Balaban J connectivity index is 1.51. The van der Waals surface area contributed by atoms with Crippen LogP contribution in [0.4, 0.5) is 14.7 Å². The molecule has 3 aromatic rings. The summed E-state index contributed by atoms with van der Waals surface area (Å²) in [5, 5.41) is 0. The number of carbonyl (C=O) groups is 1. The predicted molar refractivity (Wildman–Crippen MR) is 95.2 cm³/mol. The Bertz CT molecular complexity index is 923. The van der Waals surface area contributed by atoms with Crippen LogP contribution in [0.1, 0.15) is 16.8 Å². The predicted octanol–water partition coefficient (Wildman–Crippen LogP) is 3.19. The van der Waals surface area contributed by atoms with Crippen LogP contribution < -0.4 is 4.90 Å². The fraction of sp³-hybridized carbons (Fsp3) is 0.263. The normalized spacial score (nSPS) is 15.3. The maximum Gasteiger partial charge on any atom is 0.256 e. The Hall–Kier alpha value is -2.96. The Kier molecular flexibility index (Phi) is 4.28. The van der Waals surface area contributed by atoms with Crippen LogP contribution in [0.2, 0.25) is 0 Å². The van der Waals surface area contributed by atoms with E-state index in [1.807, 2.05) is 24.3 Å². The number of H-pyrrole nitrogens is 1. The van der Waals surface area contributed by atoms with Crippen molar-refractivity contribution in [1.82, 2.24) is 14.9 Å². The van der Waals surface area contributed by atoms with E-state index < -0.39 is 17.5 Å². The molecular weight excluding hydrogens is 338 g/mol. The number of amides is 1. The third-order valence-electron chi connectivity index (χ3n) is 4.62. The molecule has 2 aromatic carbocycles. The molecule has 1 aromatic heterocycles. The molecule has 0 unspecified atom stereocenters. The van der Waals surface area contributed by atoms with E-state index in [4.69, 9.17) is 0 Å². The molecule has 0 spiro atoms. The highest BCUT2D eigenvalue weighted by atomic mass is 19.1. The molecule has 7 heteroatoms. The highest BCUT2D eigenvalue weighted by Crippen LogP contribution is 2.20. The average molecular weight is 356 g/mol. The highest BCUT2D eigenvalue weighted by Gasteiger charge is 2.24. The van der Waals surface area contributed by atoms with Gasteiger partial charge in [-0.05, 0) is 36.8 Å². The Labute approximate surface area is 149 Å². The molecular formula is C19H18F2N4O. The standard InChI is InChI=1S/C19H18F2N4O/c20-13-6-7-15(21)14(12-13)18(26)24-8-3-9-25(11-10-24)19-22-16-4-1-2-5-17(16)23-19/h1-2,4-7,12H,3,8-11H2,(H,22,23). The third-order valence-corrected chi connectivity index (χ3v) is 4.62. The zero-order valence-corrected chi connectivity index (χ0v) is 14.1. The first-order chi connectivity index (χ1) is 12.6. The smallest absolute Gasteiger partial charge is 0.256 e. The number of rotatable bonds is 2. The minimum Gasteiger partial charge on any atom is -0.341 e. The number of imidazole rings is 1. The van der Waals surface area contributed by atoms with E-state index in [1.165, 1.54) is 0 Å². The molecule has 1 N–H and O–H groups in total. The third kappa shape index (κ3) is 3.12. The topological polar surface area (TPSA) is 52.2 Å². The molecule has 5 nitrogen and oxygen atoms in total. The Morgan fingerprint density at radius 3 is 2.73 bits per heavy atom. The summed E-state index contributed by atoms with van der Waals surface area (Å²) in [4.78, 5) is 24.1. The summed E-state index contributed by atoms with van der Waals surface area (Å²) < 4.78 is 27.3. The van der Waals surface area contributed by atoms with Crippen molar-refractivity contribution in [2.24, 2.45) is 0 Å². The Morgan fingerprint density at radius 1 is 1.04 bits per heavy atom. The molecule has 4 rings (SSSR count). The van der Waals surface area contributed by atoms with Crippen molar-refractivity contribution < 1.29 is 13.6 Å². The van der Waals surface area contributed by atoms with Gasteiger partial charge in [0.2, 0.25) is 5.95 Å². The number of carbonyl (C=O) groups excluding carboxylic acids is 1. The van der Waals surface area contributed by atoms with Gasteiger partial charge in [-0.25, -0.2) is 13.8 Å². The summed E-state index contributed by atoms with van der Waals surface area (Å²) in [6.45, 7) is 2.22. The van der Waals surface area contributed by atoms with Crippen LogP contribution in [-0.4, -0.2) is 47.0 Å². The van der Waals surface area contributed by atoms with Crippen molar-refractivity contribution in [2.75, 3.05) is 31.1 Å². The Morgan fingerprint density at radius 2 is 1.88 bits per heavy atom. The number of benzene rings is 2. The molecule has 1 aliphatic heterocycles. The summed E-state index contributed by atoms with van der Waals surface area (Å²) in [6.07, 6.45) is 0.722. The molecule has 0 atom stereocenters.